The van der Waals surface area contributed by atoms with E-state index in [1.165, 1.54) is 6.20 Å². The van der Waals surface area contributed by atoms with Gasteiger partial charge >= 0.3 is 0 Å². The number of rotatable bonds is 7. The molecule has 0 amide bonds. The van der Waals surface area contributed by atoms with Crippen LogP contribution >= 0.6 is 11.6 Å². The zero-order valence-corrected chi connectivity index (χ0v) is 11.0. The monoisotopic (exact) mass is 258 g/mol. The number of halogens is 1. The fourth-order valence-corrected chi connectivity index (χ4v) is 1.76. The van der Waals surface area contributed by atoms with Gasteiger partial charge in [-0.05, 0) is 19.5 Å². The average molecular weight is 259 g/mol. The van der Waals surface area contributed by atoms with E-state index in [9.17, 15) is 4.79 Å². The highest BCUT2D eigenvalue weighted by atomic mass is 35.5. The molecule has 0 saturated heterocycles. The Bertz CT molecular complexity index is 393. The minimum Gasteiger partial charge on any atom is -0.381 e. The number of aromatic nitrogens is 2. The quantitative estimate of drug-likeness (QED) is 0.779. The van der Waals surface area contributed by atoms with Crippen molar-refractivity contribution in [3.05, 3.63) is 21.6 Å². The number of anilines is 1. The van der Waals surface area contributed by atoms with Gasteiger partial charge in [0, 0.05) is 13.1 Å². The molecule has 96 valence electrons. The van der Waals surface area contributed by atoms with E-state index in [0.717, 1.165) is 32.6 Å². The summed E-state index contributed by atoms with van der Waals surface area (Å²) < 4.78 is 0. The lowest BCUT2D eigenvalue weighted by molar-refractivity contribution is 0.300. The molecule has 0 saturated carbocycles. The van der Waals surface area contributed by atoms with Gasteiger partial charge in [-0.15, -0.1) is 0 Å². The summed E-state index contributed by atoms with van der Waals surface area (Å²) in [6, 6.07) is 0. The summed E-state index contributed by atoms with van der Waals surface area (Å²) in [6.07, 6.45) is 2.67. The minimum absolute atomic E-state index is 0.165. The van der Waals surface area contributed by atoms with Crippen LogP contribution in [0.1, 0.15) is 20.3 Å². The molecule has 0 spiro atoms. The van der Waals surface area contributed by atoms with Gasteiger partial charge in [0.25, 0.3) is 5.56 Å². The van der Waals surface area contributed by atoms with Gasteiger partial charge in [0.2, 0.25) is 0 Å². The van der Waals surface area contributed by atoms with Crippen molar-refractivity contribution in [1.29, 1.82) is 0 Å². The molecule has 0 atom stereocenters. The Morgan fingerprint density at radius 1 is 1.47 bits per heavy atom. The van der Waals surface area contributed by atoms with Crippen molar-refractivity contribution in [2.24, 2.45) is 0 Å². The fraction of sp³-hybridized carbons (Fsp3) is 0.636. The standard InChI is InChI=1S/C11H19ClN4O/c1-3-6-16(4-2)7-5-13-9-8-14-15-11(17)10(9)12/h8H,3-7H2,1-2H3,(H2,13,15,17). The van der Waals surface area contributed by atoms with Crippen LogP contribution in [0.3, 0.4) is 0 Å². The van der Waals surface area contributed by atoms with Crippen molar-refractivity contribution in [3.63, 3.8) is 0 Å². The number of hydrogen-bond acceptors (Lipinski definition) is 4. The Labute approximate surface area is 106 Å². The zero-order valence-electron chi connectivity index (χ0n) is 10.3. The van der Waals surface area contributed by atoms with Crippen LogP contribution in [-0.4, -0.2) is 41.3 Å². The molecule has 0 aliphatic rings. The summed E-state index contributed by atoms with van der Waals surface area (Å²) in [4.78, 5) is 13.5. The molecule has 0 unspecified atom stereocenters. The molecule has 17 heavy (non-hydrogen) atoms. The van der Waals surface area contributed by atoms with Gasteiger partial charge in [-0.2, -0.15) is 5.10 Å². The molecule has 1 heterocycles. The summed E-state index contributed by atoms with van der Waals surface area (Å²) in [5.74, 6) is 0. The van der Waals surface area contributed by atoms with E-state index in [1.807, 2.05) is 0 Å². The second kappa shape index (κ2) is 7.29. The van der Waals surface area contributed by atoms with Gasteiger partial charge in [0.05, 0.1) is 11.9 Å². The van der Waals surface area contributed by atoms with Gasteiger partial charge in [-0.3, -0.25) is 4.79 Å². The predicted octanol–water partition coefficient (Wildman–Crippen LogP) is 1.57. The van der Waals surface area contributed by atoms with Crippen LogP contribution in [0.4, 0.5) is 5.69 Å². The highest BCUT2D eigenvalue weighted by molar-refractivity contribution is 6.32. The Kier molecular flexibility index (Phi) is 6.00. The maximum absolute atomic E-state index is 11.2. The molecule has 0 bridgehead atoms. The lowest BCUT2D eigenvalue weighted by Crippen LogP contribution is -2.30. The highest BCUT2D eigenvalue weighted by Gasteiger charge is 2.05. The molecular weight excluding hydrogens is 240 g/mol. The number of likely N-dealkylation sites (N-methyl/N-ethyl adjacent to an activating group) is 1. The molecule has 6 heteroatoms. The first kappa shape index (κ1) is 14.0. The lowest BCUT2D eigenvalue weighted by atomic mass is 10.4. The predicted molar refractivity (Wildman–Crippen MR) is 70.8 cm³/mol. The summed E-state index contributed by atoms with van der Waals surface area (Å²) in [5, 5.41) is 9.27. The third-order valence-electron chi connectivity index (χ3n) is 2.53. The SMILES string of the molecule is CCCN(CC)CCNc1cn[nH]c(=O)c1Cl. The van der Waals surface area contributed by atoms with Crippen LogP contribution in [0, 0.1) is 0 Å². The number of nitrogens with one attached hydrogen (secondary N) is 2. The normalized spacial score (nSPS) is 10.8. The van der Waals surface area contributed by atoms with Crippen molar-refractivity contribution >= 4 is 17.3 Å². The molecule has 0 fully saturated rings. The minimum atomic E-state index is -0.363. The highest BCUT2D eigenvalue weighted by Crippen LogP contribution is 2.13. The summed E-state index contributed by atoms with van der Waals surface area (Å²) >= 11 is 5.84. The molecule has 2 N–H and O–H groups in total. The third-order valence-corrected chi connectivity index (χ3v) is 2.90. The van der Waals surface area contributed by atoms with E-state index in [0.29, 0.717) is 5.69 Å². The molecule has 0 aliphatic heterocycles. The van der Waals surface area contributed by atoms with E-state index >= 15 is 0 Å². The van der Waals surface area contributed by atoms with E-state index in [2.05, 4.69) is 34.3 Å². The third kappa shape index (κ3) is 4.36. The van der Waals surface area contributed by atoms with Crippen molar-refractivity contribution in [2.45, 2.75) is 20.3 Å². The Balaban J connectivity index is 2.45. The Morgan fingerprint density at radius 3 is 2.88 bits per heavy atom. The van der Waals surface area contributed by atoms with Crippen LogP contribution in [-0.2, 0) is 0 Å². The van der Waals surface area contributed by atoms with Gasteiger partial charge in [-0.25, -0.2) is 5.10 Å². The van der Waals surface area contributed by atoms with Crippen LogP contribution in [0.25, 0.3) is 0 Å². The van der Waals surface area contributed by atoms with Gasteiger partial charge in [0.1, 0.15) is 5.02 Å². The van der Waals surface area contributed by atoms with Crippen molar-refractivity contribution in [2.75, 3.05) is 31.5 Å². The molecule has 1 aromatic rings. The molecule has 5 nitrogen and oxygen atoms in total. The molecule has 1 aromatic heterocycles. The maximum atomic E-state index is 11.2. The van der Waals surface area contributed by atoms with Gasteiger partial charge < -0.3 is 10.2 Å². The first-order chi connectivity index (χ1) is 8.19. The zero-order chi connectivity index (χ0) is 12.7. The summed E-state index contributed by atoms with van der Waals surface area (Å²) in [7, 11) is 0. The van der Waals surface area contributed by atoms with E-state index in [4.69, 9.17) is 11.6 Å². The van der Waals surface area contributed by atoms with Gasteiger partial charge in [-0.1, -0.05) is 25.4 Å². The fourth-order valence-electron chi connectivity index (χ4n) is 1.60. The van der Waals surface area contributed by atoms with Crippen molar-refractivity contribution in [3.8, 4) is 0 Å². The molecule has 1 rings (SSSR count). The van der Waals surface area contributed by atoms with Crippen molar-refractivity contribution < 1.29 is 0 Å². The van der Waals surface area contributed by atoms with E-state index in [-0.39, 0.29) is 10.6 Å². The first-order valence-electron chi connectivity index (χ1n) is 5.88. The molecule has 0 aromatic carbocycles. The Hall–Kier alpha value is -1.07. The molecule has 0 aliphatic carbocycles. The van der Waals surface area contributed by atoms with Crippen LogP contribution < -0.4 is 10.9 Å². The topological polar surface area (TPSA) is 61.0 Å². The number of aromatic amines is 1. The average Bonchev–Trinajstić information content (AvgIpc) is 2.33. The summed E-state index contributed by atoms with van der Waals surface area (Å²) in [5.41, 5.74) is 0.223. The number of hydrogen-bond donors (Lipinski definition) is 2. The first-order valence-corrected chi connectivity index (χ1v) is 6.26. The largest absolute Gasteiger partial charge is 0.381 e. The van der Waals surface area contributed by atoms with Crippen LogP contribution in [0.2, 0.25) is 5.02 Å². The summed E-state index contributed by atoms with van der Waals surface area (Å²) in [6.45, 7) is 8.08. The second-order valence-electron chi connectivity index (χ2n) is 3.79. The molecule has 0 radical (unpaired) electrons. The maximum Gasteiger partial charge on any atom is 0.285 e. The van der Waals surface area contributed by atoms with E-state index < -0.39 is 0 Å². The molecular formula is C11H19ClN4O. The van der Waals surface area contributed by atoms with Gasteiger partial charge in [0.15, 0.2) is 0 Å². The number of H-pyrrole nitrogens is 1. The van der Waals surface area contributed by atoms with Crippen molar-refractivity contribution in [1.82, 2.24) is 15.1 Å². The van der Waals surface area contributed by atoms with Crippen LogP contribution in [0.15, 0.2) is 11.0 Å². The van der Waals surface area contributed by atoms with Crippen LogP contribution in [0.5, 0.6) is 0 Å². The number of nitrogens with zero attached hydrogens (tertiary/aromatic N) is 2. The lowest BCUT2D eigenvalue weighted by Gasteiger charge is -2.19. The van der Waals surface area contributed by atoms with E-state index in [1.54, 1.807) is 0 Å². The Morgan fingerprint density at radius 2 is 2.24 bits per heavy atom. The second-order valence-corrected chi connectivity index (χ2v) is 4.17. The smallest absolute Gasteiger partial charge is 0.285 e.